The van der Waals surface area contributed by atoms with Crippen LogP contribution in [0, 0.1) is 10.1 Å². The third-order valence-corrected chi connectivity index (χ3v) is 7.12. The minimum absolute atomic E-state index is 0.105. The Kier molecular flexibility index (Phi) is 6.74. The Morgan fingerprint density at radius 3 is 2.45 bits per heavy atom. The smallest absolute Gasteiger partial charge is 0.282 e. The van der Waals surface area contributed by atoms with Crippen molar-refractivity contribution >= 4 is 27.3 Å². The zero-order valence-corrected chi connectivity index (χ0v) is 17.5. The van der Waals surface area contributed by atoms with E-state index in [0.29, 0.717) is 45.4 Å². The van der Waals surface area contributed by atoms with Gasteiger partial charge in [-0.1, -0.05) is 6.92 Å². The summed E-state index contributed by atoms with van der Waals surface area (Å²) in [7, 11) is -3.25. The van der Waals surface area contributed by atoms with E-state index in [9.17, 15) is 23.3 Å². The van der Waals surface area contributed by atoms with Crippen LogP contribution in [0.1, 0.15) is 49.4 Å². The molecule has 2 aliphatic rings. The molecule has 2 saturated heterocycles. The van der Waals surface area contributed by atoms with Gasteiger partial charge in [0.25, 0.3) is 11.6 Å². The van der Waals surface area contributed by atoms with Crippen molar-refractivity contribution in [1.29, 1.82) is 0 Å². The predicted molar refractivity (Wildman–Crippen MR) is 111 cm³/mol. The molecule has 0 aromatic heterocycles. The van der Waals surface area contributed by atoms with E-state index < -0.39 is 14.9 Å². The van der Waals surface area contributed by atoms with E-state index in [0.717, 1.165) is 18.5 Å². The van der Waals surface area contributed by atoms with Gasteiger partial charge in [0.2, 0.25) is 10.0 Å². The second kappa shape index (κ2) is 9.08. The Labute approximate surface area is 171 Å². The molecule has 3 rings (SSSR count). The van der Waals surface area contributed by atoms with Gasteiger partial charge in [-0.15, -0.1) is 0 Å². The fourth-order valence-electron chi connectivity index (χ4n) is 3.98. The molecule has 1 aromatic rings. The van der Waals surface area contributed by atoms with Gasteiger partial charge in [-0.05, 0) is 44.2 Å². The lowest BCUT2D eigenvalue weighted by atomic mass is 10.0. The number of carbonyl (C=O) groups excluding carboxylic acids is 1. The molecule has 0 unspecified atom stereocenters. The summed E-state index contributed by atoms with van der Waals surface area (Å²) in [5.74, 6) is -0.171. The quantitative estimate of drug-likeness (QED) is 0.530. The number of anilines is 1. The lowest BCUT2D eigenvalue weighted by Crippen LogP contribution is -2.45. The second-order valence-corrected chi connectivity index (χ2v) is 9.53. The summed E-state index contributed by atoms with van der Waals surface area (Å²) in [5, 5.41) is 11.4. The van der Waals surface area contributed by atoms with Crippen LogP contribution in [0.2, 0.25) is 0 Å². The van der Waals surface area contributed by atoms with E-state index in [2.05, 4.69) is 9.62 Å². The first kappa shape index (κ1) is 21.5. The number of nitrogens with one attached hydrogen (secondary N) is 1. The third kappa shape index (κ3) is 5.24. The van der Waals surface area contributed by atoms with E-state index in [4.69, 9.17) is 0 Å². The van der Waals surface area contributed by atoms with Crippen LogP contribution in [-0.2, 0) is 10.0 Å². The average molecular weight is 425 g/mol. The molecule has 1 aromatic carbocycles. The monoisotopic (exact) mass is 424 g/mol. The first-order valence-corrected chi connectivity index (χ1v) is 11.8. The maximum Gasteiger partial charge on any atom is 0.282 e. The van der Waals surface area contributed by atoms with Crippen LogP contribution in [0.25, 0.3) is 0 Å². The molecule has 1 N–H and O–H groups in total. The summed E-state index contributed by atoms with van der Waals surface area (Å²) in [6, 6.07) is 4.57. The fourth-order valence-corrected chi connectivity index (χ4v) is 5.38. The Morgan fingerprint density at radius 1 is 1.21 bits per heavy atom. The number of rotatable bonds is 7. The second-order valence-electron chi connectivity index (χ2n) is 7.66. The van der Waals surface area contributed by atoms with Gasteiger partial charge in [0.15, 0.2) is 0 Å². The molecule has 0 radical (unpaired) electrons. The number of hydrogen-bond acceptors (Lipinski definition) is 6. The molecule has 0 spiro atoms. The summed E-state index contributed by atoms with van der Waals surface area (Å²) >= 11 is 0. The largest absolute Gasteiger partial charge is 0.371 e. The minimum Gasteiger partial charge on any atom is -0.371 e. The van der Waals surface area contributed by atoms with Crippen LogP contribution >= 0.6 is 0 Å². The molecular formula is C19H28N4O5S. The van der Waals surface area contributed by atoms with Crippen molar-refractivity contribution in [3.05, 3.63) is 33.9 Å². The lowest BCUT2D eigenvalue weighted by Gasteiger charge is -2.34. The van der Waals surface area contributed by atoms with Crippen molar-refractivity contribution < 1.29 is 18.1 Å². The molecular weight excluding hydrogens is 396 g/mol. The molecule has 0 saturated carbocycles. The van der Waals surface area contributed by atoms with Gasteiger partial charge in [-0.2, -0.15) is 0 Å². The van der Waals surface area contributed by atoms with Crippen LogP contribution in [0.4, 0.5) is 11.4 Å². The number of carbonyl (C=O) groups is 1. The molecule has 160 valence electrons. The van der Waals surface area contributed by atoms with Gasteiger partial charge in [-0.3, -0.25) is 14.9 Å². The number of sulfonamides is 1. The normalized spacial score (nSPS) is 18.2. The van der Waals surface area contributed by atoms with Gasteiger partial charge < -0.3 is 9.80 Å². The number of benzene rings is 1. The number of nitro benzene ring substituents is 1. The van der Waals surface area contributed by atoms with Gasteiger partial charge in [-0.25, -0.2) is 13.1 Å². The van der Waals surface area contributed by atoms with E-state index in [1.54, 1.807) is 17.0 Å². The lowest BCUT2D eigenvalue weighted by molar-refractivity contribution is -0.385. The number of amides is 1. The molecule has 2 aliphatic heterocycles. The third-order valence-electron chi connectivity index (χ3n) is 5.48. The van der Waals surface area contributed by atoms with Crippen LogP contribution in [-0.4, -0.2) is 62.1 Å². The molecule has 0 bridgehead atoms. The predicted octanol–water partition coefficient (Wildman–Crippen LogP) is 2.13. The number of piperidine rings is 1. The maximum atomic E-state index is 12.8. The summed E-state index contributed by atoms with van der Waals surface area (Å²) in [6.07, 6.45) is 3.71. The molecule has 9 nitrogen and oxygen atoms in total. The minimum atomic E-state index is -3.25. The summed E-state index contributed by atoms with van der Waals surface area (Å²) in [6.45, 7) is 4.33. The van der Waals surface area contributed by atoms with Crippen LogP contribution in [0.3, 0.4) is 0 Å². The Bertz CT molecular complexity index is 859. The highest BCUT2D eigenvalue weighted by Crippen LogP contribution is 2.29. The molecule has 29 heavy (non-hydrogen) atoms. The van der Waals surface area contributed by atoms with Crippen LogP contribution in [0.15, 0.2) is 18.2 Å². The standard InChI is InChI=1S/C19H28N4O5S/c1-2-13-29(27,28)20-15-7-11-21(12-8-15)16-5-6-18(23(25)26)17(14-16)19(24)22-9-3-4-10-22/h5-6,14-15,20H,2-4,7-13H2,1H3. The summed E-state index contributed by atoms with van der Waals surface area (Å²) < 4.78 is 26.7. The Hall–Kier alpha value is -2.20. The zero-order chi connectivity index (χ0) is 21.0. The van der Waals surface area contributed by atoms with Crippen molar-refractivity contribution in [2.75, 3.05) is 36.8 Å². The van der Waals surface area contributed by atoms with E-state index >= 15 is 0 Å². The zero-order valence-electron chi connectivity index (χ0n) is 16.7. The van der Waals surface area contributed by atoms with Crippen LogP contribution in [0.5, 0.6) is 0 Å². The number of likely N-dealkylation sites (tertiary alicyclic amines) is 1. The van der Waals surface area contributed by atoms with Gasteiger partial charge in [0, 0.05) is 44.0 Å². The van der Waals surface area contributed by atoms with Crippen molar-refractivity contribution in [3.8, 4) is 0 Å². The molecule has 1 amide bonds. The van der Waals surface area contributed by atoms with Crippen molar-refractivity contribution in [2.45, 2.75) is 45.1 Å². The summed E-state index contributed by atoms with van der Waals surface area (Å²) in [5.41, 5.74) is 0.709. The van der Waals surface area contributed by atoms with Gasteiger partial charge in [0.1, 0.15) is 5.56 Å². The number of nitrogens with zero attached hydrogens (tertiary/aromatic N) is 3. The highest BCUT2D eigenvalue weighted by molar-refractivity contribution is 7.89. The Morgan fingerprint density at radius 2 is 1.86 bits per heavy atom. The first-order chi connectivity index (χ1) is 13.8. The number of nitro groups is 1. The van der Waals surface area contributed by atoms with Crippen LogP contribution < -0.4 is 9.62 Å². The summed E-state index contributed by atoms with van der Waals surface area (Å²) in [4.78, 5) is 27.4. The average Bonchev–Trinajstić information content (AvgIpc) is 3.22. The molecule has 0 atom stereocenters. The van der Waals surface area contributed by atoms with Gasteiger partial charge in [0.05, 0.1) is 10.7 Å². The van der Waals surface area contributed by atoms with E-state index in [1.807, 2.05) is 6.92 Å². The molecule has 10 heteroatoms. The van der Waals surface area contributed by atoms with Crippen molar-refractivity contribution in [3.63, 3.8) is 0 Å². The topological polar surface area (TPSA) is 113 Å². The van der Waals surface area contributed by atoms with E-state index in [1.165, 1.54) is 6.07 Å². The maximum absolute atomic E-state index is 12.8. The molecule has 2 fully saturated rings. The SMILES string of the molecule is CCCS(=O)(=O)NC1CCN(c2ccc([N+](=O)[O-])c(C(=O)N3CCCC3)c2)CC1. The molecule has 2 heterocycles. The van der Waals surface area contributed by atoms with E-state index in [-0.39, 0.29) is 29.0 Å². The number of hydrogen-bond donors (Lipinski definition) is 1. The van der Waals surface area contributed by atoms with Gasteiger partial charge >= 0.3 is 0 Å². The van der Waals surface area contributed by atoms with Crippen molar-refractivity contribution in [1.82, 2.24) is 9.62 Å². The molecule has 0 aliphatic carbocycles. The van der Waals surface area contributed by atoms with Crippen molar-refractivity contribution in [2.24, 2.45) is 0 Å². The first-order valence-electron chi connectivity index (χ1n) is 10.1. The fraction of sp³-hybridized carbons (Fsp3) is 0.632. The highest BCUT2D eigenvalue weighted by atomic mass is 32.2. The Balaban J connectivity index is 1.72. The highest BCUT2D eigenvalue weighted by Gasteiger charge is 2.29.